The van der Waals surface area contributed by atoms with Crippen molar-refractivity contribution < 1.29 is 9.59 Å². The van der Waals surface area contributed by atoms with E-state index in [0.717, 1.165) is 12.0 Å². The fourth-order valence-corrected chi connectivity index (χ4v) is 2.10. The van der Waals surface area contributed by atoms with E-state index >= 15 is 0 Å². The molecule has 0 fully saturated rings. The minimum Gasteiger partial charge on any atom is -0.350 e. The molecule has 2 rings (SSSR count). The molecule has 0 radical (unpaired) electrons. The van der Waals surface area contributed by atoms with Crippen molar-refractivity contribution >= 4 is 23.6 Å². The van der Waals surface area contributed by atoms with Gasteiger partial charge in [0.25, 0.3) is 5.91 Å². The highest BCUT2D eigenvalue weighted by molar-refractivity contribution is 6.07. The topological polar surface area (TPSA) is 58.2 Å². The molecule has 4 heteroatoms. The summed E-state index contributed by atoms with van der Waals surface area (Å²) < 4.78 is 0. The highest BCUT2D eigenvalue weighted by Crippen LogP contribution is 2.15. The Balaban J connectivity index is 2.08. The molecular weight excluding hydrogens is 300 g/mol. The molecule has 0 spiro atoms. The Kier molecular flexibility index (Phi) is 6.32. The molecule has 24 heavy (non-hydrogen) atoms. The number of nitrogens with one attached hydrogen (secondary N) is 2. The SMILES string of the molecule is CC[C@H](C)NC(=O)c1ccccc1NC(=O)/C=C/c1ccccc1. The molecule has 0 aliphatic heterocycles. The summed E-state index contributed by atoms with van der Waals surface area (Å²) in [5.41, 5.74) is 1.90. The van der Waals surface area contributed by atoms with Crippen LogP contribution in [0.3, 0.4) is 0 Å². The maximum absolute atomic E-state index is 12.3. The van der Waals surface area contributed by atoms with Gasteiger partial charge in [-0.05, 0) is 37.1 Å². The van der Waals surface area contributed by atoms with Crippen LogP contribution in [-0.2, 0) is 4.79 Å². The summed E-state index contributed by atoms with van der Waals surface area (Å²) in [6.45, 7) is 3.95. The largest absolute Gasteiger partial charge is 0.350 e. The molecular formula is C20H22N2O2. The lowest BCUT2D eigenvalue weighted by Crippen LogP contribution is -2.32. The molecule has 0 aliphatic carbocycles. The van der Waals surface area contributed by atoms with E-state index in [4.69, 9.17) is 0 Å². The zero-order chi connectivity index (χ0) is 17.4. The average Bonchev–Trinajstić information content (AvgIpc) is 2.61. The zero-order valence-electron chi connectivity index (χ0n) is 14.0. The van der Waals surface area contributed by atoms with Crippen molar-refractivity contribution in [2.75, 3.05) is 5.32 Å². The van der Waals surface area contributed by atoms with Gasteiger partial charge < -0.3 is 10.6 Å². The fourth-order valence-electron chi connectivity index (χ4n) is 2.10. The lowest BCUT2D eigenvalue weighted by molar-refractivity contribution is -0.111. The van der Waals surface area contributed by atoms with E-state index in [-0.39, 0.29) is 17.9 Å². The van der Waals surface area contributed by atoms with Gasteiger partial charge in [-0.2, -0.15) is 0 Å². The highest BCUT2D eigenvalue weighted by atomic mass is 16.2. The number of anilines is 1. The maximum atomic E-state index is 12.3. The quantitative estimate of drug-likeness (QED) is 0.793. The molecule has 0 aromatic heterocycles. The van der Waals surface area contributed by atoms with Crippen molar-refractivity contribution in [3.05, 3.63) is 71.8 Å². The third-order valence-electron chi connectivity index (χ3n) is 3.65. The standard InChI is InChI=1S/C20H22N2O2/c1-3-15(2)21-20(24)17-11-7-8-12-18(17)22-19(23)14-13-16-9-5-4-6-10-16/h4-15H,3H2,1-2H3,(H,21,24)(H,22,23)/b14-13+/t15-/m0/s1. The average molecular weight is 322 g/mol. The highest BCUT2D eigenvalue weighted by Gasteiger charge is 2.13. The first-order valence-electron chi connectivity index (χ1n) is 8.04. The molecule has 2 N–H and O–H groups in total. The molecule has 0 bridgehead atoms. The van der Waals surface area contributed by atoms with E-state index in [0.29, 0.717) is 11.3 Å². The van der Waals surface area contributed by atoms with Gasteiger partial charge in [0.2, 0.25) is 5.91 Å². The van der Waals surface area contributed by atoms with E-state index in [1.807, 2.05) is 44.2 Å². The Hall–Kier alpha value is -2.88. The molecule has 2 aromatic rings. The Morgan fingerprint density at radius 1 is 1.04 bits per heavy atom. The van der Waals surface area contributed by atoms with Crippen LogP contribution in [0.2, 0.25) is 0 Å². The maximum Gasteiger partial charge on any atom is 0.253 e. The number of amides is 2. The molecule has 124 valence electrons. The second-order valence-corrected chi connectivity index (χ2v) is 5.56. The van der Waals surface area contributed by atoms with Gasteiger partial charge in [-0.25, -0.2) is 0 Å². The molecule has 2 aromatic carbocycles. The summed E-state index contributed by atoms with van der Waals surface area (Å²) in [4.78, 5) is 24.4. The van der Waals surface area contributed by atoms with Gasteiger partial charge in [-0.1, -0.05) is 49.4 Å². The number of benzene rings is 2. The first kappa shape index (κ1) is 17.5. The minimum absolute atomic E-state index is 0.0826. The summed E-state index contributed by atoms with van der Waals surface area (Å²) in [5.74, 6) is -0.463. The van der Waals surface area contributed by atoms with Gasteiger partial charge in [0.05, 0.1) is 11.3 Å². The van der Waals surface area contributed by atoms with Gasteiger partial charge >= 0.3 is 0 Å². The summed E-state index contributed by atoms with van der Waals surface area (Å²) in [6.07, 6.45) is 4.04. The molecule has 0 unspecified atom stereocenters. The smallest absolute Gasteiger partial charge is 0.253 e. The van der Waals surface area contributed by atoms with Crippen LogP contribution in [0, 0.1) is 0 Å². The molecule has 0 saturated carbocycles. The Morgan fingerprint density at radius 2 is 1.71 bits per heavy atom. The van der Waals surface area contributed by atoms with Gasteiger partial charge in [0.1, 0.15) is 0 Å². The van der Waals surface area contributed by atoms with Gasteiger partial charge in [-0.3, -0.25) is 9.59 Å². The summed E-state index contributed by atoms with van der Waals surface area (Å²) in [7, 11) is 0. The van der Waals surface area contributed by atoms with Crippen molar-refractivity contribution in [1.29, 1.82) is 0 Å². The number of hydrogen-bond donors (Lipinski definition) is 2. The van der Waals surface area contributed by atoms with Crippen LogP contribution in [0.15, 0.2) is 60.7 Å². The van der Waals surface area contributed by atoms with E-state index < -0.39 is 0 Å². The summed E-state index contributed by atoms with van der Waals surface area (Å²) in [5, 5.41) is 5.68. The second kappa shape index (κ2) is 8.67. The molecule has 0 heterocycles. The van der Waals surface area contributed by atoms with Crippen molar-refractivity contribution in [3.63, 3.8) is 0 Å². The van der Waals surface area contributed by atoms with Gasteiger partial charge in [0, 0.05) is 12.1 Å². The lowest BCUT2D eigenvalue weighted by atomic mass is 10.1. The summed E-state index contributed by atoms with van der Waals surface area (Å²) in [6, 6.07) is 16.6. The molecule has 2 amide bonds. The predicted octanol–water partition coefficient (Wildman–Crippen LogP) is 3.87. The normalized spacial score (nSPS) is 11.9. The monoisotopic (exact) mass is 322 g/mol. The van der Waals surface area contributed by atoms with Crippen LogP contribution in [0.1, 0.15) is 36.2 Å². The van der Waals surface area contributed by atoms with Crippen LogP contribution >= 0.6 is 0 Å². The number of carbonyl (C=O) groups excluding carboxylic acids is 2. The molecule has 1 atom stereocenters. The van der Waals surface area contributed by atoms with Crippen molar-refractivity contribution in [1.82, 2.24) is 5.32 Å². The number of para-hydroxylation sites is 1. The predicted molar refractivity (Wildman–Crippen MR) is 97.8 cm³/mol. The van der Waals surface area contributed by atoms with Crippen LogP contribution in [0.5, 0.6) is 0 Å². The van der Waals surface area contributed by atoms with Crippen LogP contribution < -0.4 is 10.6 Å². The first-order valence-corrected chi connectivity index (χ1v) is 8.04. The van der Waals surface area contributed by atoms with E-state index in [1.54, 1.807) is 30.3 Å². The third kappa shape index (κ3) is 5.09. The van der Waals surface area contributed by atoms with Crippen LogP contribution in [0.4, 0.5) is 5.69 Å². The second-order valence-electron chi connectivity index (χ2n) is 5.56. The van der Waals surface area contributed by atoms with E-state index in [2.05, 4.69) is 10.6 Å². The number of rotatable bonds is 6. The molecule has 0 saturated heterocycles. The van der Waals surface area contributed by atoms with Crippen LogP contribution in [0.25, 0.3) is 6.08 Å². The van der Waals surface area contributed by atoms with Gasteiger partial charge in [-0.15, -0.1) is 0 Å². The Labute approximate surface area is 142 Å². The number of hydrogen-bond acceptors (Lipinski definition) is 2. The van der Waals surface area contributed by atoms with Gasteiger partial charge in [0.15, 0.2) is 0 Å². The summed E-state index contributed by atoms with van der Waals surface area (Å²) >= 11 is 0. The first-order chi connectivity index (χ1) is 11.6. The Morgan fingerprint density at radius 3 is 2.42 bits per heavy atom. The lowest BCUT2D eigenvalue weighted by Gasteiger charge is -2.14. The minimum atomic E-state index is -0.275. The Bertz CT molecular complexity index is 723. The van der Waals surface area contributed by atoms with Crippen molar-refractivity contribution in [2.45, 2.75) is 26.3 Å². The number of carbonyl (C=O) groups is 2. The van der Waals surface area contributed by atoms with Crippen LogP contribution in [-0.4, -0.2) is 17.9 Å². The van der Waals surface area contributed by atoms with Crippen molar-refractivity contribution in [3.8, 4) is 0 Å². The molecule has 0 aliphatic rings. The van der Waals surface area contributed by atoms with E-state index in [9.17, 15) is 9.59 Å². The third-order valence-corrected chi connectivity index (χ3v) is 3.65. The van der Waals surface area contributed by atoms with Crippen molar-refractivity contribution in [2.24, 2.45) is 0 Å². The van der Waals surface area contributed by atoms with E-state index in [1.165, 1.54) is 6.08 Å². The zero-order valence-corrected chi connectivity index (χ0v) is 14.0. The fraction of sp³-hybridized carbons (Fsp3) is 0.200. The molecule has 4 nitrogen and oxygen atoms in total.